The number of methoxy groups -OCH3 is 1. The molecule has 1 unspecified atom stereocenters. The van der Waals surface area contributed by atoms with Crippen LogP contribution in [0, 0.1) is 10.1 Å². The molecule has 9 nitrogen and oxygen atoms in total. The van der Waals surface area contributed by atoms with E-state index in [-0.39, 0.29) is 22.7 Å². The molecule has 1 aliphatic heterocycles. The summed E-state index contributed by atoms with van der Waals surface area (Å²) in [5.41, 5.74) is 1.31. The van der Waals surface area contributed by atoms with E-state index >= 15 is 0 Å². The largest absolute Gasteiger partial charge is 0.465 e. The van der Waals surface area contributed by atoms with Crippen LogP contribution in [0.4, 0.5) is 16.2 Å². The summed E-state index contributed by atoms with van der Waals surface area (Å²) < 4.78 is 4.61. The summed E-state index contributed by atoms with van der Waals surface area (Å²) in [6, 6.07) is 11.7. The van der Waals surface area contributed by atoms with E-state index in [1.54, 1.807) is 12.1 Å². The Morgan fingerprint density at radius 3 is 2.63 bits per heavy atom. The van der Waals surface area contributed by atoms with Gasteiger partial charge >= 0.3 is 12.1 Å². The molecule has 0 bridgehead atoms. The Hall–Kier alpha value is -3.75. The number of carbonyl (C=O) groups is 2. The Balaban J connectivity index is 1.80. The number of esters is 1. The van der Waals surface area contributed by atoms with Crippen LogP contribution in [0.15, 0.2) is 47.5 Å². The standard InChI is InChI=1S/C21H21N3O6/c1-30-20(25)18-6-2-4-15(19(18)24(28)29)12-22-17-9-7-14(8-10-17)16-5-3-11-23(13-16)21(26)27/h2,4,6-10,12,16H,3,5,11,13H2,1H3,(H,26,27). The number of carboxylic acid groups (broad SMARTS) is 1. The number of piperidine rings is 1. The predicted molar refractivity (Wildman–Crippen MR) is 110 cm³/mol. The van der Waals surface area contributed by atoms with Gasteiger partial charge in [-0.1, -0.05) is 18.2 Å². The van der Waals surface area contributed by atoms with Gasteiger partial charge in [0, 0.05) is 25.2 Å². The number of hydrogen-bond donors (Lipinski definition) is 1. The van der Waals surface area contributed by atoms with Crippen LogP contribution in [0.2, 0.25) is 0 Å². The van der Waals surface area contributed by atoms with Gasteiger partial charge in [-0.25, -0.2) is 9.59 Å². The van der Waals surface area contributed by atoms with Crippen LogP contribution in [0.5, 0.6) is 0 Å². The molecule has 1 atom stereocenters. The SMILES string of the molecule is COC(=O)c1cccc(C=Nc2ccc(C3CCCN(C(=O)O)C3)cc2)c1[N+](=O)[O-]. The minimum Gasteiger partial charge on any atom is -0.465 e. The second kappa shape index (κ2) is 9.17. The summed E-state index contributed by atoms with van der Waals surface area (Å²) in [7, 11) is 1.16. The van der Waals surface area contributed by atoms with Gasteiger partial charge in [0.15, 0.2) is 0 Å². The van der Waals surface area contributed by atoms with Gasteiger partial charge in [0.2, 0.25) is 0 Å². The molecule has 2 aromatic rings. The number of rotatable bonds is 5. The summed E-state index contributed by atoms with van der Waals surface area (Å²) in [5.74, 6) is -0.658. The highest BCUT2D eigenvalue weighted by atomic mass is 16.6. The molecule has 2 aromatic carbocycles. The molecule has 1 saturated heterocycles. The number of carbonyl (C=O) groups excluding carboxylic acids is 1. The van der Waals surface area contributed by atoms with Gasteiger partial charge < -0.3 is 14.7 Å². The second-order valence-corrected chi connectivity index (χ2v) is 6.91. The lowest BCUT2D eigenvalue weighted by atomic mass is 9.91. The Morgan fingerprint density at radius 1 is 1.27 bits per heavy atom. The normalized spacial score (nSPS) is 16.4. The van der Waals surface area contributed by atoms with Gasteiger partial charge in [0.1, 0.15) is 5.56 Å². The Labute approximate surface area is 172 Å². The van der Waals surface area contributed by atoms with Gasteiger partial charge in [-0.05, 0) is 42.7 Å². The number of nitro benzene ring substituents is 1. The molecule has 1 fully saturated rings. The summed E-state index contributed by atoms with van der Waals surface area (Å²) in [5, 5.41) is 20.6. The molecule has 0 aliphatic carbocycles. The Morgan fingerprint density at radius 2 is 2.00 bits per heavy atom. The summed E-state index contributed by atoms with van der Waals surface area (Å²) in [4.78, 5) is 39.5. The third-order valence-corrected chi connectivity index (χ3v) is 5.06. The number of likely N-dealkylation sites (tertiary alicyclic amines) is 1. The van der Waals surface area contributed by atoms with Crippen LogP contribution in [0.1, 0.15) is 40.2 Å². The molecule has 1 N–H and O–H groups in total. The summed E-state index contributed by atoms with van der Waals surface area (Å²) >= 11 is 0. The first-order valence-corrected chi connectivity index (χ1v) is 9.38. The highest BCUT2D eigenvalue weighted by Crippen LogP contribution is 2.29. The number of ether oxygens (including phenoxy) is 1. The highest BCUT2D eigenvalue weighted by Gasteiger charge is 2.25. The fraction of sp³-hybridized carbons (Fsp3) is 0.286. The third-order valence-electron chi connectivity index (χ3n) is 5.06. The molecule has 1 heterocycles. The van der Waals surface area contributed by atoms with Crippen molar-refractivity contribution in [3.05, 3.63) is 69.3 Å². The van der Waals surface area contributed by atoms with Crippen molar-refractivity contribution < 1.29 is 24.4 Å². The first-order valence-electron chi connectivity index (χ1n) is 9.38. The second-order valence-electron chi connectivity index (χ2n) is 6.91. The maximum absolute atomic E-state index is 11.8. The lowest BCUT2D eigenvalue weighted by Crippen LogP contribution is -2.38. The van der Waals surface area contributed by atoms with Crippen molar-refractivity contribution in [1.29, 1.82) is 0 Å². The Bertz CT molecular complexity index is 987. The van der Waals surface area contributed by atoms with Crippen LogP contribution in [-0.4, -0.2) is 53.4 Å². The van der Waals surface area contributed by atoms with Crippen LogP contribution < -0.4 is 0 Å². The van der Waals surface area contributed by atoms with Crippen LogP contribution in [0.25, 0.3) is 0 Å². The van der Waals surface area contributed by atoms with Crippen LogP contribution >= 0.6 is 0 Å². The smallest absolute Gasteiger partial charge is 0.407 e. The van der Waals surface area contributed by atoms with E-state index in [2.05, 4.69) is 9.73 Å². The zero-order chi connectivity index (χ0) is 21.7. The molecule has 30 heavy (non-hydrogen) atoms. The van der Waals surface area contributed by atoms with E-state index in [1.807, 2.05) is 12.1 Å². The zero-order valence-corrected chi connectivity index (χ0v) is 16.4. The minimum absolute atomic E-state index is 0.130. The first kappa shape index (κ1) is 21.0. The fourth-order valence-electron chi connectivity index (χ4n) is 3.54. The van der Waals surface area contributed by atoms with Crippen molar-refractivity contribution in [2.75, 3.05) is 20.2 Å². The molecule has 0 aromatic heterocycles. The topological polar surface area (TPSA) is 122 Å². The van der Waals surface area contributed by atoms with Crippen LogP contribution in [0.3, 0.4) is 0 Å². The third kappa shape index (κ3) is 4.62. The van der Waals surface area contributed by atoms with Crippen molar-refractivity contribution in [1.82, 2.24) is 4.90 Å². The van der Waals surface area contributed by atoms with Gasteiger partial charge in [-0.2, -0.15) is 0 Å². The predicted octanol–water partition coefficient (Wildman–Crippen LogP) is 3.99. The number of amides is 1. The number of hydrogen-bond acceptors (Lipinski definition) is 6. The molecule has 0 spiro atoms. The molecular weight excluding hydrogens is 390 g/mol. The van der Waals surface area contributed by atoms with E-state index in [4.69, 9.17) is 0 Å². The monoisotopic (exact) mass is 411 g/mol. The van der Waals surface area contributed by atoms with Crippen molar-refractivity contribution >= 4 is 29.7 Å². The summed E-state index contributed by atoms with van der Waals surface area (Å²) in [6.07, 6.45) is 2.17. The van der Waals surface area contributed by atoms with E-state index in [0.717, 1.165) is 25.5 Å². The van der Waals surface area contributed by atoms with Crippen molar-refractivity contribution in [3.63, 3.8) is 0 Å². The number of benzene rings is 2. The highest BCUT2D eigenvalue weighted by molar-refractivity contribution is 5.99. The zero-order valence-electron chi connectivity index (χ0n) is 16.4. The first-order chi connectivity index (χ1) is 14.4. The number of para-hydroxylation sites is 1. The Kier molecular flexibility index (Phi) is 6.41. The average molecular weight is 411 g/mol. The molecular formula is C21H21N3O6. The van der Waals surface area contributed by atoms with Crippen molar-refractivity contribution in [2.24, 2.45) is 4.99 Å². The van der Waals surface area contributed by atoms with E-state index in [1.165, 1.54) is 29.3 Å². The fourth-order valence-corrected chi connectivity index (χ4v) is 3.54. The molecule has 0 saturated carbocycles. The summed E-state index contributed by atoms with van der Waals surface area (Å²) in [6.45, 7) is 1.02. The number of aliphatic imine (C=N–C) groups is 1. The maximum Gasteiger partial charge on any atom is 0.407 e. The van der Waals surface area contributed by atoms with E-state index in [9.17, 15) is 24.8 Å². The lowest BCUT2D eigenvalue weighted by molar-refractivity contribution is -0.385. The van der Waals surface area contributed by atoms with Gasteiger partial charge in [-0.3, -0.25) is 15.1 Å². The van der Waals surface area contributed by atoms with Crippen molar-refractivity contribution in [3.8, 4) is 0 Å². The molecule has 0 radical (unpaired) electrons. The van der Waals surface area contributed by atoms with Crippen LogP contribution in [-0.2, 0) is 4.74 Å². The molecule has 9 heteroatoms. The van der Waals surface area contributed by atoms with E-state index < -0.39 is 17.0 Å². The van der Waals surface area contributed by atoms with E-state index in [0.29, 0.717) is 18.8 Å². The molecule has 156 valence electrons. The van der Waals surface area contributed by atoms with Gasteiger partial charge in [-0.15, -0.1) is 0 Å². The average Bonchev–Trinajstić information content (AvgIpc) is 2.77. The number of nitrogens with zero attached hydrogens (tertiary/aromatic N) is 3. The minimum atomic E-state index is -0.906. The lowest BCUT2D eigenvalue weighted by Gasteiger charge is -2.31. The number of nitro groups is 1. The molecule has 1 aliphatic rings. The van der Waals surface area contributed by atoms with Crippen molar-refractivity contribution in [2.45, 2.75) is 18.8 Å². The quantitative estimate of drug-likeness (QED) is 0.343. The van der Waals surface area contributed by atoms with Gasteiger partial charge in [0.25, 0.3) is 5.69 Å². The van der Waals surface area contributed by atoms with Gasteiger partial charge in [0.05, 0.1) is 23.3 Å². The molecule has 1 amide bonds. The molecule has 3 rings (SSSR count). The maximum atomic E-state index is 11.8.